The van der Waals surface area contributed by atoms with Crippen LogP contribution < -0.4 is 10.1 Å². The van der Waals surface area contributed by atoms with Crippen molar-refractivity contribution < 1.29 is 4.74 Å². The summed E-state index contributed by atoms with van der Waals surface area (Å²) in [6, 6.07) is 10.0. The third-order valence-corrected chi connectivity index (χ3v) is 2.70. The first kappa shape index (κ1) is 9.53. The zero-order valence-electron chi connectivity index (χ0n) is 8.41. The van der Waals surface area contributed by atoms with Gasteiger partial charge in [0.15, 0.2) is 0 Å². The summed E-state index contributed by atoms with van der Waals surface area (Å²) >= 11 is 0. The van der Waals surface area contributed by atoms with Crippen molar-refractivity contribution in [1.29, 1.82) is 0 Å². The fraction of sp³-hybridized carbons (Fsp3) is 0.500. The Bertz CT molecular complexity index is 254. The standard InChI is InChI=1S/C12H17NO/c1-2-4-12(5-3-1)14-9-7-11-6-8-13-10-11/h1-5,11,13H,6-10H2. The van der Waals surface area contributed by atoms with Crippen LogP contribution in [0, 0.1) is 5.92 Å². The lowest BCUT2D eigenvalue weighted by Gasteiger charge is -2.09. The van der Waals surface area contributed by atoms with E-state index < -0.39 is 0 Å². The maximum atomic E-state index is 5.64. The van der Waals surface area contributed by atoms with Crippen molar-refractivity contribution in [3.8, 4) is 5.75 Å². The molecule has 1 saturated heterocycles. The number of rotatable bonds is 4. The minimum Gasteiger partial charge on any atom is -0.494 e. The van der Waals surface area contributed by atoms with Crippen LogP contribution in [0.15, 0.2) is 30.3 Å². The third-order valence-electron chi connectivity index (χ3n) is 2.70. The van der Waals surface area contributed by atoms with E-state index in [4.69, 9.17) is 4.74 Å². The highest BCUT2D eigenvalue weighted by Crippen LogP contribution is 2.14. The third kappa shape index (κ3) is 2.74. The summed E-state index contributed by atoms with van der Waals surface area (Å²) in [5.41, 5.74) is 0. The van der Waals surface area contributed by atoms with Gasteiger partial charge in [0.2, 0.25) is 0 Å². The Morgan fingerprint density at radius 2 is 2.14 bits per heavy atom. The van der Waals surface area contributed by atoms with Crippen molar-refractivity contribution in [2.45, 2.75) is 12.8 Å². The maximum absolute atomic E-state index is 5.64. The Hall–Kier alpha value is -1.02. The summed E-state index contributed by atoms with van der Waals surface area (Å²) in [6.45, 7) is 3.19. The van der Waals surface area contributed by atoms with Crippen LogP contribution in [0.25, 0.3) is 0 Å². The summed E-state index contributed by atoms with van der Waals surface area (Å²) in [7, 11) is 0. The molecule has 0 aromatic heterocycles. The normalized spacial score (nSPS) is 21.0. The molecule has 2 rings (SSSR count). The molecule has 0 aliphatic carbocycles. The molecule has 2 nitrogen and oxygen atoms in total. The second kappa shape index (κ2) is 5.01. The van der Waals surface area contributed by atoms with Crippen LogP contribution in [0.4, 0.5) is 0 Å². The largest absolute Gasteiger partial charge is 0.494 e. The fourth-order valence-electron chi connectivity index (χ4n) is 1.82. The number of hydrogen-bond donors (Lipinski definition) is 1. The van der Waals surface area contributed by atoms with Gasteiger partial charge in [-0.05, 0) is 44.0 Å². The maximum Gasteiger partial charge on any atom is 0.119 e. The van der Waals surface area contributed by atoms with Crippen LogP contribution in [0.2, 0.25) is 0 Å². The molecule has 0 bridgehead atoms. The Morgan fingerprint density at radius 3 is 2.86 bits per heavy atom. The van der Waals surface area contributed by atoms with E-state index in [1.165, 1.54) is 19.4 Å². The van der Waals surface area contributed by atoms with Crippen molar-refractivity contribution in [3.63, 3.8) is 0 Å². The summed E-state index contributed by atoms with van der Waals surface area (Å²) in [5.74, 6) is 1.80. The van der Waals surface area contributed by atoms with Crippen LogP contribution >= 0.6 is 0 Å². The first-order chi connectivity index (χ1) is 6.95. The quantitative estimate of drug-likeness (QED) is 0.786. The fourth-order valence-corrected chi connectivity index (χ4v) is 1.82. The molecule has 1 fully saturated rings. The van der Waals surface area contributed by atoms with Gasteiger partial charge in [-0.2, -0.15) is 0 Å². The molecule has 1 heterocycles. The van der Waals surface area contributed by atoms with E-state index >= 15 is 0 Å². The lowest BCUT2D eigenvalue weighted by Crippen LogP contribution is -2.11. The van der Waals surface area contributed by atoms with Crippen molar-refractivity contribution in [2.75, 3.05) is 19.7 Å². The topological polar surface area (TPSA) is 21.3 Å². The molecule has 0 spiro atoms. The van der Waals surface area contributed by atoms with Crippen molar-refractivity contribution in [2.24, 2.45) is 5.92 Å². The van der Waals surface area contributed by atoms with E-state index in [-0.39, 0.29) is 0 Å². The van der Waals surface area contributed by atoms with Gasteiger partial charge in [0.25, 0.3) is 0 Å². The molecule has 2 heteroatoms. The van der Waals surface area contributed by atoms with Gasteiger partial charge < -0.3 is 10.1 Å². The second-order valence-electron chi connectivity index (χ2n) is 3.81. The predicted octanol–water partition coefficient (Wildman–Crippen LogP) is 2.06. The van der Waals surface area contributed by atoms with E-state index in [0.29, 0.717) is 0 Å². The van der Waals surface area contributed by atoms with Crippen LogP contribution in [-0.4, -0.2) is 19.7 Å². The smallest absolute Gasteiger partial charge is 0.119 e. The van der Waals surface area contributed by atoms with Gasteiger partial charge in [-0.15, -0.1) is 0 Å². The minimum absolute atomic E-state index is 0.818. The Kier molecular flexibility index (Phi) is 3.41. The van der Waals surface area contributed by atoms with E-state index in [1.807, 2.05) is 30.3 Å². The average Bonchev–Trinajstić information content (AvgIpc) is 2.72. The highest BCUT2D eigenvalue weighted by atomic mass is 16.5. The van der Waals surface area contributed by atoms with Crippen LogP contribution in [0.5, 0.6) is 5.75 Å². The molecule has 1 atom stereocenters. The molecule has 76 valence electrons. The highest BCUT2D eigenvalue weighted by Gasteiger charge is 2.13. The molecule has 1 N–H and O–H groups in total. The molecule has 1 aliphatic heterocycles. The molecule has 1 unspecified atom stereocenters. The summed E-state index contributed by atoms with van der Waals surface area (Å²) < 4.78 is 5.64. The lowest BCUT2D eigenvalue weighted by molar-refractivity contribution is 0.283. The molecule has 1 aromatic carbocycles. The Balaban J connectivity index is 1.67. The van der Waals surface area contributed by atoms with Gasteiger partial charge in [-0.1, -0.05) is 18.2 Å². The van der Waals surface area contributed by atoms with Gasteiger partial charge in [0.05, 0.1) is 6.61 Å². The van der Waals surface area contributed by atoms with Crippen LogP contribution in [-0.2, 0) is 0 Å². The van der Waals surface area contributed by atoms with Gasteiger partial charge >= 0.3 is 0 Å². The Labute approximate surface area is 85.3 Å². The van der Waals surface area contributed by atoms with Crippen molar-refractivity contribution in [1.82, 2.24) is 5.32 Å². The van der Waals surface area contributed by atoms with Crippen LogP contribution in [0.3, 0.4) is 0 Å². The van der Waals surface area contributed by atoms with Crippen molar-refractivity contribution >= 4 is 0 Å². The number of hydrogen-bond acceptors (Lipinski definition) is 2. The summed E-state index contributed by atoms with van der Waals surface area (Å²) in [5, 5.41) is 3.37. The molecule has 0 saturated carbocycles. The molecule has 1 aliphatic rings. The molecule has 1 aromatic rings. The predicted molar refractivity (Wildman–Crippen MR) is 57.5 cm³/mol. The summed E-state index contributed by atoms with van der Waals surface area (Å²) in [4.78, 5) is 0. The first-order valence-electron chi connectivity index (χ1n) is 5.34. The lowest BCUT2D eigenvalue weighted by atomic mass is 10.1. The van der Waals surface area contributed by atoms with E-state index in [1.54, 1.807) is 0 Å². The van der Waals surface area contributed by atoms with E-state index in [9.17, 15) is 0 Å². The average molecular weight is 191 g/mol. The number of benzene rings is 1. The number of ether oxygens (including phenoxy) is 1. The first-order valence-corrected chi connectivity index (χ1v) is 5.34. The second-order valence-corrected chi connectivity index (χ2v) is 3.81. The molecule has 0 amide bonds. The van der Waals surface area contributed by atoms with Crippen LogP contribution in [0.1, 0.15) is 12.8 Å². The van der Waals surface area contributed by atoms with Gasteiger partial charge in [0, 0.05) is 0 Å². The van der Waals surface area contributed by atoms with Gasteiger partial charge in [-0.3, -0.25) is 0 Å². The highest BCUT2D eigenvalue weighted by molar-refractivity contribution is 5.20. The number of nitrogens with one attached hydrogen (secondary N) is 1. The zero-order chi connectivity index (χ0) is 9.64. The molecular weight excluding hydrogens is 174 g/mol. The SMILES string of the molecule is c1ccc(OCCC2CCNC2)cc1. The zero-order valence-corrected chi connectivity index (χ0v) is 8.41. The van der Waals surface area contributed by atoms with Gasteiger partial charge in [-0.25, -0.2) is 0 Å². The Morgan fingerprint density at radius 1 is 1.29 bits per heavy atom. The number of para-hydroxylation sites is 1. The molecule has 14 heavy (non-hydrogen) atoms. The summed E-state index contributed by atoms with van der Waals surface area (Å²) in [6.07, 6.45) is 2.47. The minimum atomic E-state index is 0.818. The van der Waals surface area contributed by atoms with E-state index in [2.05, 4.69) is 5.32 Å². The van der Waals surface area contributed by atoms with Crippen molar-refractivity contribution in [3.05, 3.63) is 30.3 Å². The molecule has 0 radical (unpaired) electrons. The molecular formula is C12H17NO. The monoisotopic (exact) mass is 191 g/mol. The van der Waals surface area contributed by atoms with Gasteiger partial charge in [0.1, 0.15) is 5.75 Å². The van der Waals surface area contributed by atoms with E-state index in [0.717, 1.165) is 24.8 Å².